The highest BCUT2D eigenvalue weighted by Gasteiger charge is 2.25. The van der Waals surface area contributed by atoms with E-state index in [0.29, 0.717) is 19.0 Å². The second-order valence-corrected chi connectivity index (χ2v) is 7.57. The van der Waals surface area contributed by atoms with Crippen molar-refractivity contribution in [3.63, 3.8) is 0 Å². The molecule has 6 nitrogen and oxygen atoms in total. The summed E-state index contributed by atoms with van der Waals surface area (Å²) in [4.78, 5) is 14.3. The van der Waals surface area contributed by atoms with Crippen LogP contribution < -0.4 is 5.32 Å². The third-order valence-electron chi connectivity index (χ3n) is 4.59. The number of nitrogens with one attached hydrogen (secondary N) is 1. The van der Waals surface area contributed by atoms with Crippen LogP contribution in [0.4, 0.5) is 4.79 Å². The van der Waals surface area contributed by atoms with Crippen LogP contribution in [0.2, 0.25) is 0 Å². The number of urea groups is 1. The molecule has 2 amide bonds. The summed E-state index contributed by atoms with van der Waals surface area (Å²) in [7, 11) is 0. The van der Waals surface area contributed by atoms with Gasteiger partial charge in [-0.25, -0.2) is 4.79 Å². The first kappa shape index (κ1) is 17.8. The van der Waals surface area contributed by atoms with Crippen LogP contribution in [0.3, 0.4) is 0 Å². The van der Waals surface area contributed by atoms with Crippen LogP contribution in [0.15, 0.2) is 6.20 Å². The van der Waals surface area contributed by atoms with E-state index in [-0.39, 0.29) is 24.2 Å². The van der Waals surface area contributed by atoms with E-state index in [1.165, 1.54) is 0 Å². The Balaban J connectivity index is 1.98. The summed E-state index contributed by atoms with van der Waals surface area (Å²) in [6.45, 7) is 11.9. The van der Waals surface area contributed by atoms with Gasteiger partial charge in [-0.15, -0.1) is 0 Å². The van der Waals surface area contributed by atoms with Gasteiger partial charge in [0.2, 0.25) is 0 Å². The molecule has 0 aromatic carbocycles. The maximum atomic E-state index is 12.4. The van der Waals surface area contributed by atoms with Crippen LogP contribution in [0, 0.1) is 12.8 Å². The monoisotopic (exact) mass is 322 g/mol. The fraction of sp³-hybridized carbons (Fsp3) is 0.765. The van der Waals surface area contributed by atoms with E-state index < -0.39 is 0 Å². The maximum absolute atomic E-state index is 12.4. The van der Waals surface area contributed by atoms with E-state index in [4.69, 9.17) is 0 Å². The van der Waals surface area contributed by atoms with Gasteiger partial charge < -0.3 is 15.3 Å². The fourth-order valence-corrected chi connectivity index (χ4v) is 2.92. The molecule has 1 aliphatic heterocycles. The molecule has 2 rings (SSSR count). The Hall–Kier alpha value is -1.56. The first-order chi connectivity index (χ1) is 10.7. The zero-order chi connectivity index (χ0) is 17.2. The molecule has 0 bridgehead atoms. The summed E-state index contributed by atoms with van der Waals surface area (Å²) in [5.41, 5.74) is 1.93. The molecule has 1 aromatic rings. The average Bonchev–Trinajstić information content (AvgIpc) is 2.89. The molecule has 0 unspecified atom stereocenters. The lowest BCUT2D eigenvalue weighted by atomic mass is 9.98. The highest BCUT2D eigenvalue weighted by molar-refractivity contribution is 5.74. The third kappa shape index (κ3) is 4.25. The van der Waals surface area contributed by atoms with Crippen molar-refractivity contribution in [2.75, 3.05) is 19.7 Å². The van der Waals surface area contributed by atoms with E-state index in [2.05, 4.69) is 31.2 Å². The quantitative estimate of drug-likeness (QED) is 0.898. The lowest BCUT2D eigenvalue weighted by Crippen LogP contribution is -2.45. The number of aromatic nitrogens is 2. The smallest absolute Gasteiger partial charge is 0.317 e. The van der Waals surface area contributed by atoms with Gasteiger partial charge in [-0.3, -0.25) is 4.68 Å². The van der Waals surface area contributed by atoms with Gasteiger partial charge in [0, 0.05) is 31.5 Å². The van der Waals surface area contributed by atoms with Crippen molar-refractivity contribution in [2.45, 2.75) is 59.0 Å². The Morgan fingerprint density at radius 1 is 1.43 bits per heavy atom. The number of likely N-dealkylation sites (tertiary alicyclic amines) is 1. The minimum absolute atomic E-state index is 0.0307. The van der Waals surface area contributed by atoms with Crippen molar-refractivity contribution < 1.29 is 9.90 Å². The summed E-state index contributed by atoms with van der Waals surface area (Å²) in [6.07, 6.45) is 3.77. The zero-order valence-electron chi connectivity index (χ0n) is 15.0. The van der Waals surface area contributed by atoms with E-state index >= 15 is 0 Å². The van der Waals surface area contributed by atoms with Gasteiger partial charge in [0.25, 0.3) is 0 Å². The summed E-state index contributed by atoms with van der Waals surface area (Å²) >= 11 is 0. The predicted molar refractivity (Wildman–Crippen MR) is 90.3 cm³/mol. The summed E-state index contributed by atoms with van der Waals surface area (Å²) in [5.74, 6) is 0.337. The van der Waals surface area contributed by atoms with Crippen molar-refractivity contribution in [3.8, 4) is 0 Å². The van der Waals surface area contributed by atoms with Crippen molar-refractivity contribution in [2.24, 2.45) is 5.92 Å². The number of aliphatic hydroxyl groups excluding tert-OH is 1. The lowest BCUT2D eigenvalue weighted by molar-refractivity contribution is 0.136. The van der Waals surface area contributed by atoms with Crippen LogP contribution in [0.1, 0.15) is 57.8 Å². The fourth-order valence-electron chi connectivity index (χ4n) is 2.92. The molecule has 2 N–H and O–H groups in total. The summed E-state index contributed by atoms with van der Waals surface area (Å²) in [5, 5.41) is 16.8. The molecule has 2 heterocycles. The average molecular weight is 322 g/mol. The van der Waals surface area contributed by atoms with Crippen molar-refractivity contribution in [1.82, 2.24) is 20.0 Å². The molecule has 1 aromatic heterocycles. The molecule has 130 valence electrons. The molecule has 0 aliphatic carbocycles. The number of aryl methyl sites for hydroxylation is 1. The number of hydrogen-bond acceptors (Lipinski definition) is 3. The van der Waals surface area contributed by atoms with E-state index in [9.17, 15) is 9.90 Å². The molecule has 1 aliphatic rings. The minimum atomic E-state index is -0.0748. The largest absolute Gasteiger partial charge is 0.396 e. The van der Waals surface area contributed by atoms with Crippen LogP contribution in [0.25, 0.3) is 0 Å². The van der Waals surface area contributed by atoms with Gasteiger partial charge in [0.15, 0.2) is 0 Å². The maximum Gasteiger partial charge on any atom is 0.317 e. The molecular weight excluding hydrogens is 292 g/mol. The molecular formula is C17H30N4O2. The number of nitrogens with zero attached hydrogens (tertiary/aromatic N) is 3. The molecule has 1 atom stereocenters. The third-order valence-corrected chi connectivity index (χ3v) is 4.59. The van der Waals surface area contributed by atoms with Gasteiger partial charge >= 0.3 is 6.03 Å². The highest BCUT2D eigenvalue weighted by atomic mass is 16.3. The first-order valence-corrected chi connectivity index (χ1v) is 8.45. The normalized spacial score (nSPS) is 18.1. The summed E-state index contributed by atoms with van der Waals surface area (Å²) < 4.78 is 1.95. The number of carbonyl (C=O) groups excluding carboxylic acids is 1. The lowest BCUT2D eigenvalue weighted by Gasteiger charge is -2.32. The van der Waals surface area contributed by atoms with E-state index in [0.717, 1.165) is 24.1 Å². The van der Waals surface area contributed by atoms with E-state index in [1.807, 2.05) is 29.6 Å². The second kappa shape index (κ2) is 6.91. The second-order valence-electron chi connectivity index (χ2n) is 7.57. The van der Waals surface area contributed by atoms with Crippen molar-refractivity contribution in [1.29, 1.82) is 0 Å². The molecule has 1 saturated heterocycles. The number of hydrogen-bond donors (Lipinski definition) is 2. The number of amides is 2. The van der Waals surface area contributed by atoms with Crippen LogP contribution in [-0.2, 0) is 5.54 Å². The number of rotatable bonds is 3. The van der Waals surface area contributed by atoms with Gasteiger partial charge in [0.05, 0.1) is 17.3 Å². The number of carbonyl (C=O) groups is 1. The SMILES string of the molecule is Cc1nn(C(C)(C)C)cc1[C@H](C)NC(=O)N1CCC(CO)CC1. The Bertz CT molecular complexity index is 539. The van der Waals surface area contributed by atoms with E-state index in [1.54, 1.807) is 0 Å². The van der Waals surface area contributed by atoms with Gasteiger partial charge in [-0.05, 0) is 53.4 Å². The summed E-state index contributed by atoms with van der Waals surface area (Å²) in [6, 6.07) is -0.106. The Morgan fingerprint density at radius 2 is 2.04 bits per heavy atom. The molecule has 23 heavy (non-hydrogen) atoms. The van der Waals surface area contributed by atoms with Crippen LogP contribution >= 0.6 is 0 Å². The van der Waals surface area contributed by atoms with Crippen LogP contribution in [-0.4, -0.2) is 45.5 Å². The molecule has 6 heteroatoms. The van der Waals surface area contributed by atoms with Crippen molar-refractivity contribution in [3.05, 3.63) is 17.5 Å². The Kier molecular flexibility index (Phi) is 5.34. The van der Waals surface area contributed by atoms with Gasteiger partial charge in [-0.1, -0.05) is 0 Å². The predicted octanol–water partition coefficient (Wildman–Crippen LogP) is 2.42. The topological polar surface area (TPSA) is 70.4 Å². The number of piperidine rings is 1. The Labute approximate surface area is 138 Å². The first-order valence-electron chi connectivity index (χ1n) is 8.45. The number of aliphatic hydroxyl groups is 1. The minimum Gasteiger partial charge on any atom is -0.396 e. The zero-order valence-corrected chi connectivity index (χ0v) is 15.0. The molecule has 0 saturated carbocycles. The van der Waals surface area contributed by atoms with Gasteiger partial charge in [-0.2, -0.15) is 5.10 Å². The highest BCUT2D eigenvalue weighted by Crippen LogP contribution is 2.22. The van der Waals surface area contributed by atoms with Gasteiger partial charge in [0.1, 0.15) is 0 Å². The molecule has 1 fully saturated rings. The molecule has 0 spiro atoms. The van der Waals surface area contributed by atoms with Crippen LogP contribution in [0.5, 0.6) is 0 Å². The van der Waals surface area contributed by atoms with Crippen molar-refractivity contribution >= 4 is 6.03 Å². The Morgan fingerprint density at radius 3 is 2.52 bits per heavy atom. The standard InChI is InChI=1S/C17H30N4O2/c1-12(15-10-21(17(3,4)5)19-13(15)2)18-16(23)20-8-6-14(11-22)7-9-20/h10,12,14,22H,6-9,11H2,1-5H3,(H,18,23)/t12-/m0/s1. The molecule has 0 radical (unpaired) electrons.